The van der Waals surface area contributed by atoms with Crippen molar-refractivity contribution in [3.05, 3.63) is 372 Å². The lowest BCUT2D eigenvalue weighted by Crippen LogP contribution is -2.03. The van der Waals surface area contributed by atoms with Gasteiger partial charge in [-0.2, -0.15) is 42.1 Å². The molecular weight excluding hydrogens is 1470 g/mol. The van der Waals surface area contributed by atoms with E-state index in [-0.39, 0.29) is 0 Å². The Morgan fingerprint density at radius 1 is 0.167 bits per heavy atom. The molecule has 19 aromatic rings. The molecule has 0 atom stereocenters. The average Bonchev–Trinajstić information content (AvgIpc) is 1.56. The van der Waals surface area contributed by atoms with Gasteiger partial charge in [0.25, 0.3) is 0 Å². The highest BCUT2D eigenvalue weighted by Crippen LogP contribution is 2.45. The Labute approximate surface area is 687 Å². The van der Waals surface area contributed by atoms with Crippen molar-refractivity contribution in [3.63, 3.8) is 0 Å². The summed E-state index contributed by atoms with van der Waals surface area (Å²) in [4.78, 5) is 32.1. The van der Waals surface area contributed by atoms with E-state index in [1.807, 2.05) is 176 Å². The minimum absolute atomic E-state index is 0.347. The zero-order valence-corrected chi connectivity index (χ0v) is 63.3. The molecule has 0 N–H and O–H groups in total. The van der Waals surface area contributed by atoms with Gasteiger partial charge in [0.15, 0.2) is 34.9 Å². The summed E-state index contributed by atoms with van der Waals surface area (Å²) in [6, 6.07) is 123. The van der Waals surface area contributed by atoms with E-state index in [4.69, 9.17) is 29.9 Å². The molecule has 550 valence electrons. The number of benzene rings is 15. The number of rotatable bonds is 14. The lowest BCUT2D eigenvalue weighted by Gasteiger charge is -2.18. The van der Waals surface area contributed by atoms with Crippen LogP contribution in [0.4, 0.5) is 0 Å². The monoisotopic (exact) mass is 1530 g/mol. The van der Waals surface area contributed by atoms with E-state index in [0.717, 1.165) is 122 Å². The summed E-state index contributed by atoms with van der Waals surface area (Å²) in [5, 5.41) is 84.8. The van der Waals surface area contributed by atoms with Crippen LogP contribution >= 0.6 is 0 Å². The predicted octanol–water partition coefficient (Wildman–Crippen LogP) is 23.2. The molecule has 0 aliphatic heterocycles. The maximum atomic E-state index is 10.2. The second-order valence-electron chi connectivity index (χ2n) is 28.8. The van der Waals surface area contributed by atoms with Crippen molar-refractivity contribution in [2.45, 2.75) is 0 Å². The van der Waals surface area contributed by atoms with Crippen LogP contribution in [-0.2, 0) is 0 Å². The van der Waals surface area contributed by atoms with Crippen molar-refractivity contribution in [1.29, 1.82) is 42.1 Å². The Balaban J connectivity index is 0.849. The summed E-state index contributed by atoms with van der Waals surface area (Å²) in [6.07, 6.45) is 0. The average molecular weight is 1530 g/mol. The van der Waals surface area contributed by atoms with Crippen molar-refractivity contribution < 1.29 is 0 Å². The molecule has 0 spiro atoms. The molecule has 4 aromatic heterocycles. The van der Waals surface area contributed by atoms with Gasteiger partial charge in [-0.05, 0) is 218 Å². The van der Waals surface area contributed by atoms with Crippen molar-refractivity contribution in [2.24, 2.45) is 0 Å². The minimum atomic E-state index is 0.347. The maximum absolute atomic E-state index is 10.2. The van der Waals surface area contributed by atoms with Gasteiger partial charge in [-0.3, -0.25) is 0 Å². The van der Waals surface area contributed by atoms with Crippen molar-refractivity contribution >= 4 is 43.6 Å². The van der Waals surface area contributed by atoms with Crippen LogP contribution in [0.3, 0.4) is 0 Å². The Morgan fingerprint density at radius 3 is 0.642 bits per heavy atom. The van der Waals surface area contributed by atoms with Crippen LogP contribution < -0.4 is 0 Å². The Hall–Kier alpha value is -18.2. The maximum Gasteiger partial charge on any atom is 0.164 e. The number of hydrogen-bond acceptors (Lipinski definition) is 14. The summed E-state index contributed by atoms with van der Waals surface area (Å²) < 4.78 is 4.40. The normalized spacial score (nSPS) is 10.9. The van der Waals surface area contributed by atoms with Crippen molar-refractivity contribution in [3.8, 4) is 195 Å². The Morgan fingerprint density at radius 2 is 0.400 bits per heavy atom. The zero-order valence-electron chi connectivity index (χ0n) is 63.3. The van der Waals surface area contributed by atoms with Crippen molar-refractivity contribution in [2.75, 3.05) is 0 Å². The molecule has 0 radical (unpaired) electrons. The van der Waals surface area contributed by atoms with Crippen LogP contribution in [0.2, 0.25) is 0 Å². The van der Waals surface area contributed by atoms with Gasteiger partial charge in [0.2, 0.25) is 0 Å². The van der Waals surface area contributed by atoms with Gasteiger partial charge in [-0.1, -0.05) is 176 Å². The highest BCUT2D eigenvalue weighted by Gasteiger charge is 2.26. The fourth-order valence-corrected chi connectivity index (χ4v) is 15.9. The first-order chi connectivity index (χ1) is 59.0. The van der Waals surface area contributed by atoms with E-state index in [2.05, 4.69) is 137 Å². The number of nitrogens with zero attached hydrogens (tertiary/aromatic N) is 16. The third-order valence-electron chi connectivity index (χ3n) is 21.5. The first kappa shape index (κ1) is 72.1. The van der Waals surface area contributed by atoms with Crippen LogP contribution in [-0.4, -0.2) is 39.0 Å². The quantitative estimate of drug-likeness (QED) is 0.0979. The van der Waals surface area contributed by atoms with Crippen LogP contribution in [0.25, 0.3) is 190 Å². The number of nitriles is 8. The van der Waals surface area contributed by atoms with Gasteiger partial charge in [0.1, 0.15) is 0 Å². The highest BCUT2D eigenvalue weighted by atomic mass is 15.1. The Bertz CT molecular complexity index is 6910. The molecule has 0 amide bonds. The molecule has 16 nitrogen and oxygen atoms in total. The molecule has 0 bridgehead atoms. The predicted molar refractivity (Wildman–Crippen MR) is 465 cm³/mol. The molecule has 0 aliphatic carbocycles. The fraction of sp³-hybridized carbons (Fsp3) is 0. The molecule has 0 saturated heterocycles. The highest BCUT2D eigenvalue weighted by molar-refractivity contribution is 6.13. The van der Waals surface area contributed by atoms with Gasteiger partial charge in [0.05, 0.1) is 115 Å². The lowest BCUT2D eigenvalue weighted by molar-refractivity contribution is 1.07. The molecule has 120 heavy (non-hydrogen) atoms. The van der Waals surface area contributed by atoms with E-state index in [1.165, 1.54) is 0 Å². The molecule has 0 aliphatic rings. The Kier molecular flexibility index (Phi) is 18.3. The second-order valence-corrected chi connectivity index (χ2v) is 28.8. The number of aromatic nitrogens is 8. The van der Waals surface area contributed by atoms with Gasteiger partial charge >= 0.3 is 0 Å². The topological polar surface area (TPSA) is 278 Å². The van der Waals surface area contributed by atoms with Gasteiger partial charge in [0, 0.05) is 66.3 Å². The first-order valence-electron chi connectivity index (χ1n) is 38.1. The SMILES string of the molecule is N#Cc1cc(C#N)cc(-c2ccc3c(c2)c2cc(-c4cc(C#N)cc(C#N)c4)ccc2n3-c2ccc(-c3cccc(-c4ccc(-n5c6ccc(-c7cc(C#N)cc(C#N)c7)cc6c6cc(-c7cc(C#N)cc(C#N)c7)ccc65)cc4-c4nc(-c5ccccc5)nc(-c5ccccc5)n4)c3)c(-c3nc(-c4ccccc4)nc(-c4ccccc4)n3)c2)c1. The summed E-state index contributed by atoms with van der Waals surface area (Å²) in [6.45, 7) is 0. The molecule has 15 aromatic carbocycles. The van der Waals surface area contributed by atoms with E-state index in [1.54, 1.807) is 72.8 Å². The first-order valence-corrected chi connectivity index (χ1v) is 38.1. The van der Waals surface area contributed by atoms with Gasteiger partial charge in [-0.15, -0.1) is 0 Å². The molecular formula is C104H54N16. The third-order valence-corrected chi connectivity index (χ3v) is 21.5. The molecule has 0 saturated carbocycles. The summed E-state index contributed by atoms with van der Waals surface area (Å²) in [5.74, 6) is 2.60. The van der Waals surface area contributed by atoms with E-state index in [0.29, 0.717) is 113 Å². The molecule has 19 rings (SSSR count). The van der Waals surface area contributed by atoms with E-state index < -0.39 is 0 Å². The lowest BCUT2D eigenvalue weighted by atomic mass is 9.92. The molecule has 16 heteroatoms. The van der Waals surface area contributed by atoms with Gasteiger partial charge in [-0.25, -0.2) is 29.9 Å². The number of hydrogen-bond donors (Lipinski definition) is 0. The van der Waals surface area contributed by atoms with Gasteiger partial charge < -0.3 is 9.13 Å². The third kappa shape index (κ3) is 13.4. The number of fused-ring (bicyclic) bond motifs is 6. The van der Waals surface area contributed by atoms with E-state index in [9.17, 15) is 42.1 Å². The smallest absolute Gasteiger partial charge is 0.164 e. The standard InChI is InChI=1S/C104H54N16/c105-55-63-36-64(56-106)41-81(40-63)75-24-32-95-89(49-75)90-50-76(82-42-65(57-107)37-66(43-82)58-108)25-33-96(90)119(95)85-28-30-87(93(53-85)103-115-99(71-14-5-1-6-15-71)113-100(116-103)72-16-7-2-8-17-72)79-22-13-23-80(48-79)88-31-29-86(54-94(88)104-117-101(73-18-9-3-10-19-73)114-102(118-104)74-20-11-4-12-21-74)120-97-34-26-77(83-44-67(59-109)38-68(45-83)60-110)51-91(97)92-52-78(27-35-98(92)120)84-46-69(61-111)39-70(47-84)62-112/h1-54H. The zero-order chi connectivity index (χ0) is 81.5. The van der Waals surface area contributed by atoms with E-state index >= 15 is 0 Å². The van der Waals surface area contributed by atoms with Crippen molar-refractivity contribution in [1.82, 2.24) is 39.0 Å². The molecule has 0 unspecified atom stereocenters. The molecule has 4 heterocycles. The molecule has 0 fully saturated rings. The van der Waals surface area contributed by atoms with Crippen LogP contribution in [0.5, 0.6) is 0 Å². The largest absolute Gasteiger partial charge is 0.309 e. The minimum Gasteiger partial charge on any atom is -0.309 e. The van der Waals surface area contributed by atoms with Crippen LogP contribution in [0, 0.1) is 90.6 Å². The summed E-state index contributed by atoms with van der Waals surface area (Å²) >= 11 is 0. The second kappa shape index (κ2) is 30.4. The van der Waals surface area contributed by atoms with Crippen LogP contribution in [0.15, 0.2) is 328 Å². The summed E-state index contributed by atoms with van der Waals surface area (Å²) in [5.41, 5.74) is 21.0. The fourth-order valence-electron chi connectivity index (χ4n) is 15.9. The summed E-state index contributed by atoms with van der Waals surface area (Å²) in [7, 11) is 0. The van der Waals surface area contributed by atoms with Crippen LogP contribution in [0.1, 0.15) is 44.5 Å².